The first-order chi connectivity index (χ1) is 8.35. The number of nitrogens with zero attached hydrogens (tertiary/aromatic N) is 2. The molecule has 1 N–H and O–H groups in total. The maximum Gasteiger partial charge on any atom is 0.401 e. The van der Waals surface area contributed by atoms with Crippen LogP contribution in [0.15, 0.2) is 6.20 Å². The Balaban J connectivity index is 2.70. The summed E-state index contributed by atoms with van der Waals surface area (Å²) in [6, 6.07) is 0. The Labute approximate surface area is 102 Å². The van der Waals surface area contributed by atoms with Crippen molar-refractivity contribution in [3.63, 3.8) is 0 Å². The van der Waals surface area contributed by atoms with Crippen molar-refractivity contribution < 1.29 is 22.7 Å². The molecule has 0 aliphatic rings. The van der Waals surface area contributed by atoms with Gasteiger partial charge in [0, 0.05) is 13.6 Å². The molecule has 5 nitrogen and oxygen atoms in total. The molecular weight excluding hydrogens is 251 g/mol. The molecule has 0 atom stereocenters. The van der Waals surface area contributed by atoms with E-state index < -0.39 is 18.7 Å². The number of halogens is 3. The predicted octanol–water partition coefficient (Wildman–Crippen LogP) is 1.25. The smallest absolute Gasteiger partial charge is 0.401 e. The van der Waals surface area contributed by atoms with Gasteiger partial charge in [-0.15, -0.1) is 0 Å². The van der Waals surface area contributed by atoms with E-state index in [1.165, 1.54) is 10.9 Å². The molecule has 1 heterocycles. The number of nitrogens with one attached hydrogen (secondary N) is 1. The van der Waals surface area contributed by atoms with Crippen LogP contribution in [-0.4, -0.2) is 35.1 Å². The number of aromatic nitrogens is 2. The lowest BCUT2D eigenvalue weighted by Gasteiger charge is -2.09. The van der Waals surface area contributed by atoms with E-state index >= 15 is 0 Å². The summed E-state index contributed by atoms with van der Waals surface area (Å²) in [4.78, 5) is 11.5. The van der Waals surface area contributed by atoms with E-state index in [0.717, 1.165) is 0 Å². The number of aryl methyl sites for hydroxylation is 1. The minimum Gasteiger partial charge on any atom is -0.462 e. The first-order valence-corrected chi connectivity index (χ1v) is 5.30. The van der Waals surface area contributed by atoms with Crippen molar-refractivity contribution in [2.75, 3.05) is 13.2 Å². The van der Waals surface area contributed by atoms with Gasteiger partial charge in [-0.25, -0.2) is 4.79 Å². The third kappa shape index (κ3) is 4.02. The van der Waals surface area contributed by atoms with E-state index in [2.05, 4.69) is 10.4 Å². The molecule has 0 aliphatic heterocycles. The quantitative estimate of drug-likeness (QED) is 0.814. The zero-order valence-corrected chi connectivity index (χ0v) is 10.0. The minimum absolute atomic E-state index is 0.107. The topological polar surface area (TPSA) is 56.1 Å². The molecule has 8 heteroatoms. The van der Waals surface area contributed by atoms with Crippen LogP contribution in [0, 0.1) is 0 Å². The zero-order chi connectivity index (χ0) is 13.8. The highest BCUT2D eigenvalue weighted by molar-refractivity contribution is 5.90. The van der Waals surface area contributed by atoms with E-state index in [4.69, 9.17) is 4.74 Å². The molecular formula is C10H14F3N3O2. The molecule has 1 rings (SSSR count). The summed E-state index contributed by atoms with van der Waals surface area (Å²) < 4.78 is 42.1. The fraction of sp³-hybridized carbons (Fsp3) is 0.600. The number of carbonyl (C=O) groups is 1. The average Bonchev–Trinajstić information content (AvgIpc) is 2.59. The Morgan fingerprint density at radius 2 is 2.22 bits per heavy atom. The number of hydrogen-bond donors (Lipinski definition) is 1. The van der Waals surface area contributed by atoms with Gasteiger partial charge in [-0.3, -0.25) is 4.68 Å². The van der Waals surface area contributed by atoms with Crippen LogP contribution in [0.3, 0.4) is 0 Å². The number of alkyl halides is 3. The molecule has 0 saturated heterocycles. The van der Waals surface area contributed by atoms with Crippen LogP contribution in [0.1, 0.15) is 23.0 Å². The molecule has 0 bridgehead atoms. The standard InChI is InChI=1S/C10H14F3N3O2/c1-3-18-9(17)7-4-15-16(2)8(7)5-14-6-10(11,12)13/h4,14H,3,5-6H2,1-2H3. The highest BCUT2D eigenvalue weighted by Gasteiger charge is 2.27. The largest absolute Gasteiger partial charge is 0.462 e. The van der Waals surface area contributed by atoms with Gasteiger partial charge in [-0.1, -0.05) is 0 Å². The summed E-state index contributed by atoms with van der Waals surface area (Å²) in [7, 11) is 1.55. The van der Waals surface area contributed by atoms with Crippen LogP contribution in [0.5, 0.6) is 0 Å². The second-order valence-electron chi connectivity index (χ2n) is 3.57. The summed E-state index contributed by atoms with van der Waals surface area (Å²) in [6.07, 6.45) is -3.01. The molecule has 0 unspecified atom stereocenters. The molecule has 1 aromatic rings. The molecule has 1 aromatic heterocycles. The van der Waals surface area contributed by atoms with E-state index in [-0.39, 0.29) is 18.7 Å². The second-order valence-corrected chi connectivity index (χ2v) is 3.57. The van der Waals surface area contributed by atoms with Crippen LogP contribution in [0.25, 0.3) is 0 Å². The minimum atomic E-state index is -4.29. The van der Waals surface area contributed by atoms with E-state index in [0.29, 0.717) is 5.69 Å². The molecule has 0 fully saturated rings. The number of ether oxygens (including phenoxy) is 1. The van der Waals surface area contributed by atoms with Gasteiger partial charge < -0.3 is 10.1 Å². The predicted molar refractivity (Wildman–Crippen MR) is 56.9 cm³/mol. The highest BCUT2D eigenvalue weighted by atomic mass is 19.4. The Hall–Kier alpha value is -1.57. The van der Waals surface area contributed by atoms with E-state index in [1.807, 2.05) is 0 Å². The lowest BCUT2D eigenvalue weighted by atomic mass is 10.2. The SMILES string of the molecule is CCOC(=O)c1cnn(C)c1CNCC(F)(F)F. The fourth-order valence-electron chi connectivity index (χ4n) is 1.37. The van der Waals surface area contributed by atoms with Crippen LogP contribution in [0.4, 0.5) is 13.2 Å². The van der Waals surface area contributed by atoms with Gasteiger partial charge in [0.1, 0.15) is 5.56 Å². The van der Waals surface area contributed by atoms with Crippen LogP contribution < -0.4 is 5.32 Å². The molecule has 102 valence electrons. The number of rotatable bonds is 5. The first-order valence-electron chi connectivity index (χ1n) is 5.30. The van der Waals surface area contributed by atoms with Crippen LogP contribution in [0.2, 0.25) is 0 Å². The van der Waals surface area contributed by atoms with Crippen LogP contribution in [-0.2, 0) is 18.3 Å². The lowest BCUT2D eigenvalue weighted by molar-refractivity contribution is -0.125. The molecule has 0 aliphatic carbocycles. The van der Waals surface area contributed by atoms with Crippen LogP contribution >= 0.6 is 0 Å². The third-order valence-corrected chi connectivity index (χ3v) is 2.17. The summed E-state index contributed by atoms with van der Waals surface area (Å²) >= 11 is 0. The number of hydrogen-bond acceptors (Lipinski definition) is 4. The van der Waals surface area contributed by atoms with Gasteiger partial charge in [-0.05, 0) is 6.92 Å². The Morgan fingerprint density at radius 1 is 1.56 bits per heavy atom. The zero-order valence-electron chi connectivity index (χ0n) is 10.0. The van der Waals surface area contributed by atoms with Gasteiger partial charge in [-0.2, -0.15) is 18.3 Å². The maximum absolute atomic E-state index is 12.0. The molecule has 0 aromatic carbocycles. The molecule has 0 radical (unpaired) electrons. The van der Waals surface area contributed by atoms with E-state index in [1.54, 1.807) is 14.0 Å². The van der Waals surface area contributed by atoms with Gasteiger partial charge in [0.2, 0.25) is 0 Å². The summed E-state index contributed by atoms with van der Waals surface area (Å²) in [5.74, 6) is -0.589. The normalized spacial score (nSPS) is 11.6. The number of esters is 1. The van der Waals surface area contributed by atoms with Crippen molar-refractivity contribution in [3.8, 4) is 0 Å². The number of carbonyl (C=O) groups excluding carboxylic acids is 1. The first kappa shape index (κ1) is 14.5. The molecule has 18 heavy (non-hydrogen) atoms. The fourth-order valence-corrected chi connectivity index (χ4v) is 1.37. The van der Waals surface area contributed by atoms with Gasteiger partial charge in [0.25, 0.3) is 0 Å². The summed E-state index contributed by atoms with van der Waals surface area (Å²) in [6.45, 7) is 0.615. The average molecular weight is 265 g/mol. The Bertz CT molecular complexity index is 415. The Kier molecular flexibility index (Phi) is 4.71. The van der Waals surface area contributed by atoms with Gasteiger partial charge in [0.05, 0.1) is 25.0 Å². The van der Waals surface area contributed by atoms with E-state index in [9.17, 15) is 18.0 Å². The monoisotopic (exact) mass is 265 g/mol. The summed E-state index contributed by atoms with van der Waals surface area (Å²) in [5.41, 5.74) is 0.534. The summed E-state index contributed by atoms with van der Waals surface area (Å²) in [5, 5.41) is 6.04. The Morgan fingerprint density at radius 3 is 2.78 bits per heavy atom. The third-order valence-electron chi connectivity index (χ3n) is 2.17. The second kappa shape index (κ2) is 5.85. The lowest BCUT2D eigenvalue weighted by Crippen LogP contribution is -2.29. The molecule has 0 spiro atoms. The maximum atomic E-state index is 12.0. The highest BCUT2D eigenvalue weighted by Crippen LogP contribution is 2.14. The van der Waals surface area contributed by atoms with Crippen molar-refractivity contribution in [1.29, 1.82) is 0 Å². The van der Waals surface area contributed by atoms with Crippen molar-refractivity contribution in [2.24, 2.45) is 7.05 Å². The van der Waals surface area contributed by atoms with Gasteiger partial charge >= 0.3 is 12.1 Å². The van der Waals surface area contributed by atoms with Crippen molar-refractivity contribution in [1.82, 2.24) is 15.1 Å². The van der Waals surface area contributed by atoms with Gasteiger partial charge in [0.15, 0.2) is 0 Å². The molecule has 0 saturated carbocycles. The molecule has 0 amide bonds. The van der Waals surface area contributed by atoms with Crippen molar-refractivity contribution >= 4 is 5.97 Å². The van der Waals surface area contributed by atoms with Crippen molar-refractivity contribution in [2.45, 2.75) is 19.6 Å². The van der Waals surface area contributed by atoms with Crippen molar-refractivity contribution in [3.05, 3.63) is 17.5 Å².